The van der Waals surface area contributed by atoms with Gasteiger partial charge in [0.15, 0.2) is 22.1 Å². The van der Waals surface area contributed by atoms with E-state index in [9.17, 15) is 35.1 Å². The normalized spacial score (nSPS) is 17.6. The number of hydrogen-bond donors (Lipinski definition) is 3. The van der Waals surface area contributed by atoms with Crippen molar-refractivity contribution in [1.29, 1.82) is 0 Å². The quantitative estimate of drug-likeness (QED) is 0.0848. The highest BCUT2D eigenvalue weighted by Gasteiger charge is 2.43. The lowest BCUT2D eigenvalue weighted by Gasteiger charge is -2.32. The predicted molar refractivity (Wildman–Crippen MR) is 227 cm³/mol. The van der Waals surface area contributed by atoms with Crippen molar-refractivity contribution in [3.63, 3.8) is 0 Å². The molecule has 7 aromatic heterocycles. The van der Waals surface area contributed by atoms with E-state index in [4.69, 9.17) is 20.9 Å². The Kier molecular flexibility index (Phi) is 11.3. The van der Waals surface area contributed by atoms with Crippen LogP contribution in [0.2, 0.25) is 0 Å². The van der Waals surface area contributed by atoms with Gasteiger partial charge in [0.05, 0.1) is 76.0 Å². The fourth-order valence-corrected chi connectivity index (χ4v) is 13.1. The summed E-state index contributed by atoms with van der Waals surface area (Å²) in [6.45, 7) is 1.48. The number of pyridine rings is 3. The smallest absolute Gasteiger partial charge is 0.396 e. The van der Waals surface area contributed by atoms with E-state index in [1.54, 1.807) is 16.9 Å². The topological polar surface area (TPSA) is 193 Å². The SMILES string of the molecule is COCCS(=O)c1sc2nc(-c3cnc(N4CCOC(Cn5cc6cc(-c7cc(C(F)(F)F)c8c(N)c([S+](O)C9CCC9)sc8n7)cnc6n5)C4)nc3)cc(C(F)(F)F)c2c1N. The molecule has 8 heterocycles. The number of morpholine rings is 1. The largest absolute Gasteiger partial charge is 0.417 e. The number of nitrogens with two attached hydrogens (primary N) is 2. The summed E-state index contributed by atoms with van der Waals surface area (Å²) < 4.78 is 123. The van der Waals surface area contributed by atoms with Gasteiger partial charge in [-0.1, -0.05) is 11.3 Å². The molecule has 1 saturated heterocycles. The van der Waals surface area contributed by atoms with Crippen LogP contribution in [-0.4, -0.2) is 94.0 Å². The van der Waals surface area contributed by atoms with Gasteiger partial charge in [-0.3, -0.25) is 8.89 Å². The van der Waals surface area contributed by atoms with Gasteiger partial charge >= 0.3 is 12.4 Å². The number of nitrogen functional groups attached to an aromatic ring is 2. The summed E-state index contributed by atoms with van der Waals surface area (Å²) >= 11 is 0.549. The van der Waals surface area contributed by atoms with Crippen LogP contribution in [0.25, 0.3) is 54.0 Å². The van der Waals surface area contributed by atoms with Crippen molar-refractivity contribution in [3.05, 3.63) is 54.1 Å². The van der Waals surface area contributed by atoms with Crippen LogP contribution in [0.5, 0.6) is 0 Å². The van der Waals surface area contributed by atoms with Crippen LogP contribution in [0.4, 0.5) is 43.7 Å². The van der Waals surface area contributed by atoms with Crippen LogP contribution in [0.3, 0.4) is 0 Å². The lowest BCUT2D eigenvalue weighted by molar-refractivity contribution is -0.137. The van der Waals surface area contributed by atoms with Crippen LogP contribution >= 0.6 is 22.7 Å². The maximum Gasteiger partial charge on any atom is 0.417 e. The van der Waals surface area contributed by atoms with Gasteiger partial charge in [0, 0.05) is 66.9 Å². The summed E-state index contributed by atoms with van der Waals surface area (Å²) in [4.78, 5) is 24.2. The summed E-state index contributed by atoms with van der Waals surface area (Å²) in [6.07, 6.45) is -1.50. The maximum absolute atomic E-state index is 14.5. The number of alkyl halides is 6. The molecular formula is C38H35F6N10O4S4+. The lowest BCUT2D eigenvalue weighted by atomic mass is 10.0. The van der Waals surface area contributed by atoms with Gasteiger partial charge in [-0.2, -0.15) is 36.0 Å². The molecule has 0 bridgehead atoms. The van der Waals surface area contributed by atoms with E-state index in [0.717, 1.165) is 54.1 Å². The lowest BCUT2D eigenvalue weighted by Crippen LogP contribution is -2.45. The molecule has 0 aromatic carbocycles. The van der Waals surface area contributed by atoms with Crippen LogP contribution < -0.4 is 16.4 Å². The number of rotatable bonds is 11. The molecule has 14 nitrogen and oxygen atoms in total. The molecule has 0 amide bonds. The van der Waals surface area contributed by atoms with Crippen LogP contribution in [0.15, 0.2) is 51.4 Å². The fraction of sp³-hybridized carbons (Fsp3) is 0.368. The molecule has 0 spiro atoms. The number of nitrogens with zero attached hydrogens (tertiary/aromatic N) is 8. The molecule has 24 heteroatoms. The number of thiophene rings is 2. The second-order valence-electron chi connectivity index (χ2n) is 14.7. The minimum absolute atomic E-state index is 0.0156. The first-order chi connectivity index (χ1) is 29.6. The molecule has 5 N–H and O–H groups in total. The zero-order valence-corrected chi connectivity index (χ0v) is 35.6. The molecule has 1 aliphatic carbocycles. The highest BCUT2D eigenvalue weighted by Crippen LogP contribution is 2.48. The van der Waals surface area contributed by atoms with Gasteiger partial charge in [-0.15, -0.1) is 11.3 Å². The summed E-state index contributed by atoms with van der Waals surface area (Å²) in [5.41, 5.74) is 11.0. The van der Waals surface area contributed by atoms with Crippen molar-refractivity contribution in [3.8, 4) is 22.5 Å². The molecule has 3 atom stereocenters. The standard InChI is InChI=1S/C38H35F6N10O4S4/c1-57-7-8-61(55)34-29(45)27-24(38(42,43)44)11-26(51-32(27)59-34)20-13-48-36(49-14-20)53-5-6-58-21(16-53)17-54-15-19-9-18(12-47-31(19)52-54)25-10-23(37(39,40)41)28-30(46)35(60-33(28)50-25)62(56)22-3-2-4-22/h9-15,21-22,56H,2-8,16-17,45-46H2,1H3/q+1. The molecule has 3 unspecified atom stereocenters. The molecule has 1 aliphatic heterocycles. The molecule has 2 fully saturated rings. The predicted octanol–water partition coefficient (Wildman–Crippen LogP) is 7.64. The van der Waals surface area contributed by atoms with Crippen molar-refractivity contribution >= 4 is 93.4 Å². The molecule has 2 aliphatic rings. The number of fused-ring (bicyclic) bond motifs is 3. The Morgan fingerprint density at radius 2 is 1.58 bits per heavy atom. The average molecular weight is 938 g/mol. The van der Waals surface area contributed by atoms with E-state index in [1.165, 1.54) is 25.7 Å². The summed E-state index contributed by atoms with van der Waals surface area (Å²) in [5.74, 6) is 0.373. The van der Waals surface area contributed by atoms with Crippen molar-refractivity contribution in [2.75, 3.05) is 55.5 Å². The fourth-order valence-electron chi connectivity index (χ4n) is 7.30. The molecule has 326 valence electrons. The molecular weight excluding hydrogens is 903 g/mol. The first-order valence-corrected chi connectivity index (χ1v) is 23.2. The summed E-state index contributed by atoms with van der Waals surface area (Å²) in [7, 11) is -0.260. The number of ether oxygens (including phenoxy) is 2. The Labute approximate surface area is 361 Å². The number of aromatic nitrogens is 7. The summed E-state index contributed by atoms with van der Waals surface area (Å²) in [6, 6.07) is 3.50. The van der Waals surface area contributed by atoms with E-state index < -0.39 is 51.6 Å². The number of anilines is 3. The van der Waals surface area contributed by atoms with Gasteiger partial charge < -0.3 is 25.8 Å². The van der Waals surface area contributed by atoms with Crippen molar-refractivity contribution < 1.29 is 44.6 Å². The monoisotopic (exact) mass is 937 g/mol. The number of hydrogen-bond acceptors (Lipinski definition) is 15. The number of halogens is 6. The molecule has 62 heavy (non-hydrogen) atoms. The third kappa shape index (κ3) is 8.05. The first kappa shape index (κ1) is 42.6. The molecule has 1 saturated carbocycles. The second-order valence-corrected chi connectivity index (χ2v) is 20.4. The van der Waals surface area contributed by atoms with Crippen LogP contribution in [0.1, 0.15) is 30.4 Å². The number of methoxy groups -OCH3 is 1. The Morgan fingerprint density at radius 3 is 2.23 bits per heavy atom. The van der Waals surface area contributed by atoms with Crippen LogP contribution in [-0.2, 0) is 50.3 Å². The molecule has 9 rings (SSSR count). The van der Waals surface area contributed by atoms with Crippen LogP contribution in [0, 0.1) is 0 Å². The minimum atomic E-state index is -4.78. The van der Waals surface area contributed by atoms with E-state index in [2.05, 4.69) is 30.0 Å². The van der Waals surface area contributed by atoms with E-state index in [0.29, 0.717) is 46.5 Å². The minimum Gasteiger partial charge on any atom is -0.396 e. The molecule has 7 aromatic rings. The Hall–Kier alpha value is -4.72. The average Bonchev–Trinajstić information content (AvgIpc) is 3.89. The van der Waals surface area contributed by atoms with E-state index >= 15 is 0 Å². The van der Waals surface area contributed by atoms with Gasteiger partial charge in [0.25, 0.3) is 4.21 Å². The third-order valence-corrected chi connectivity index (χ3v) is 16.9. The zero-order valence-electron chi connectivity index (χ0n) is 32.4. The van der Waals surface area contributed by atoms with Crippen molar-refractivity contribution in [2.24, 2.45) is 0 Å². The van der Waals surface area contributed by atoms with Gasteiger partial charge in [0.2, 0.25) is 5.95 Å². The van der Waals surface area contributed by atoms with Gasteiger partial charge in [-0.25, -0.2) is 24.9 Å². The van der Waals surface area contributed by atoms with Crippen molar-refractivity contribution in [2.45, 2.75) is 57.9 Å². The highest BCUT2D eigenvalue weighted by atomic mass is 32.2. The third-order valence-electron chi connectivity index (χ3n) is 10.6. The van der Waals surface area contributed by atoms with E-state index in [1.807, 2.05) is 4.90 Å². The Bertz CT molecular complexity index is 2850. The Morgan fingerprint density at radius 1 is 0.935 bits per heavy atom. The maximum atomic E-state index is 14.5. The molecule has 0 radical (unpaired) electrons. The summed E-state index contributed by atoms with van der Waals surface area (Å²) in [5, 5.41) is 4.57. The first-order valence-electron chi connectivity index (χ1n) is 19.0. The van der Waals surface area contributed by atoms with Crippen molar-refractivity contribution in [1.82, 2.24) is 34.7 Å². The highest BCUT2D eigenvalue weighted by molar-refractivity contribution is 7.94. The van der Waals surface area contributed by atoms with Gasteiger partial charge in [0.1, 0.15) is 19.6 Å². The zero-order chi connectivity index (χ0) is 43.7. The van der Waals surface area contributed by atoms with Gasteiger partial charge in [-0.05, 0) is 37.5 Å². The Balaban J connectivity index is 0.926. The second kappa shape index (κ2) is 16.4. The van der Waals surface area contributed by atoms with E-state index in [-0.39, 0.29) is 77.1 Å².